The average Bonchev–Trinajstić information content (AvgIpc) is 2.75. The molecule has 4 aromatic rings. The first-order chi connectivity index (χ1) is 15.7. The molecule has 0 aliphatic heterocycles. The number of carbonyl (C=O) groups is 1. The lowest BCUT2D eigenvalue weighted by molar-refractivity contribution is -0.139. The fraction of sp³-hybridized carbons (Fsp3) is 0.0455. The summed E-state index contributed by atoms with van der Waals surface area (Å²) < 4.78 is 70.8. The highest BCUT2D eigenvalue weighted by Crippen LogP contribution is 2.33. The van der Waals surface area contributed by atoms with Crippen LogP contribution in [0.2, 0.25) is 0 Å². The topological polar surface area (TPSA) is 76.1 Å². The summed E-state index contributed by atoms with van der Waals surface area (Å²) in [5.41, 5.74) is -1.04. The third kappa shape index (κ3) is 5.14. The molecule has 0 saturated heterocycles. The number of urea groups is 1. The molecular formula is C22H13F5N4O2. The second-order valence-corrected chi connectivity index (χ2v) is 6.74. The normalized spacial score (nSPS) is 11.3. The van der Waals surface area contributed by atoms with E-state index in [0.29, 0.717) is 34.5 Å². The van der Waals surface area contributed by atoms with Crippen molar-refractivity contribution in [2.45, 2.75) is 6.18 Å². The molecule has 0 radical (unpaired) electrons. The predicted octanol–water partition coefficient (Wildman–Crippen LogP) is 6.36. The molecule has 0 aliphatic carbocycles. The lowest BCUT2D eigenvalue weighted by atomic mass is 10.2. The van der Waals surface area contributed by atoms with Crippen molar-refractivity contribution >= 4 is 28.3 Å². The Labute approximate surface area is 183 Å². The Bertz CT molecular complexity index is 1330. The molecule has 1 aromatic heterocycles. The number of nitrogens with zero attached hydrogens (tertiary/aromatic N) is 2. The molecule has 4 rings (SSSR count). The highest BCUT2D eigenvalue weighted by molar-refractivity contribution is 5.99. The number of ether oxygens (including phenoxy) is 1. The van der Waals surface area contributed by atoms with Gasteiger partial charge in [0.1, 0.15) is 23.7 Å². The van der Waals surface area contributed by atoms with Gasteiger partial charge < -0.3 is 15.4 Å². The Balaban J connectivity index is 1.43. The number of hydrogen-bond donors (Lipinski definition) is 2. The summed E-state index contributed by atoms with van der Waals surface area (Å²) in [4.78, 5) is 20.1. The Morgan fingerprint density at radius 2 is 1.55 bits per heavy atom. The van der Waals surface area contributed by atoms with Gasteiger partial charge in [0.05, 0.1) is 16.5 Å². The highest BCUT2D eigenvalue weighted by atomic mass is 19.4. The number of alkyl halides is 3. The van der Waals surface area contributed by atoms with Gasteiger partial charge in [-0.3, -0.25) is 0 Å². The summed E-state index contributed by atoms with van der Waals surface area (Å²) in [7, 11) is 0. The number of fused-ring (bicyclic) bond motifs is 1. The van der Waals surface area contributed by atoms with Crippen LogP contribution >= 0.6 is 0 Å². The number of hydrogen-bond acceptors (Lipinski definition) is 4. The summed E-state index contributed by atoms with van der Waals surface area (Å²) in [6, 6.07) is 11.3. The molecule has 2 amide bonds. The van der Waals surface area contributed by atoms with Crippen LogP contribution in [-0.2, 0) is 6.18 Å². The third-order valence-electron chi connectivity index (χ3n) is 4.42. The number of benzene rings is 3. The second-order valence-electron chi connectivity index (χ2n) is 6.74. The minimum atomic E-state index is -4.89. The van der Waals surface area contributed by atoms with Crippen LogP contribution in [0.25, 0.3) is 10.9 Å². The van der Waals surface area contributed by atoms with E-state index in [-0.39, 0.29) is 11.6 Å². The van der Waals surface area contributed by atoms with E-state index in [1.807, 2.05) is 0 Å². The molecule has 2 N–H and O–H groups in total. The van der Waals surface area contributed by atoms with Crippen LogP contribution in [0.3, 0.4) is 0 Å². The van der Waals surface area contributed by atoms with Crippen molar-refractivity contribution < 1.29 is 31.5 Å². The standard InChI is InChI=1S/C22H13F5N4O2/c23-12-1-7-16-19(9-12)28-11-29-20(16)33-15-5-2-13(3-6-15)30-21(32)31-14-4-8-18(24)17(10-14)22(25,26)27/h1-11H,(H2,30,31,32). The van der Waals surface area contributed by atoms with Crippen LogP contribution in [0.15, 0.2) is 67.0 Å². The Morgan fingerprint density at radius 3 is 2.27 bits per heavy atom. The molecule has 0 atom stereocenters. The van der Waals surface area contributed by atoms with Crippen molar-refractivity contribution in [3.63, 3.8) is 0 Å². The average molecular weight is 460 g/mol. The lowest BCUT2D eigenvalue weighted by Crippen LogP contribution is -2.20. The molecule has 0 bridgehead atoms. The zero-order chi connectivity index (χ0) is 23.6. The first kappa shape index (κ1) is 21.9. The predicted molar refractivity (Wildman–Crippen MR) is 110 cm³/mol. The van der Waals surface area contributed by atoms with Gasteiger partial charge in [-0.25, -0.2) is 23.5 Å². The quantitative estimate of drug-likeness (QED) is 0.348. The smallest absolute Gasteiger partial charge is 0.419 e. The zero-order valence-corrected chi connectivity index (χ0v) is 16.5. The van der Waals surface area contributed by atoms with E-state index >= 15 is 0 Å². The number of nitrogens with one attached hydrogen (secondary N) is 2. The van der Waals surface area contributed by atoms with Crippen LogP contribution in [0.4, 0.5) is 38.1 Å². The number of amides is 2. The fourth-order valence-corrected chi connectivity index (χ4v) is 2.92. The summed E-state index contributed by atoms with van der Waals surface area (Å²) in [5.74, 6) is -1.32. The molecule has 0 aliphatic rings. The number of carbonyl (C=O) groups excluding carboxylic acids is 1. The van der Waals surface area contributed by atoms with E-state index in [0.717, 1.165) is 6.07 Å². The maximum atomic E-state index is 13.4. The van der Waals surface area contributed by atoms with E-state index in [2.05, 4.69) is 20.6 Å². The van der Waals surface area contributed by atoms with Crippen molar-refractivity contribution in [1.29, 1.82) is 0 Å². The summed E-state index contributed by atoms with van der Waals surface area (Å²) in [5, 5.41) is 5.15. The van der Waals surface area contributed by atoms with Gasteiger partial charge in [0, 0.05) is 17.4 Å². The molecule has 1 heterocycles. The van der Waals surface area contributed by atoms with E-state index in [1.165, 1.54) is 48.8 Å². The van der Waals surface area contributed by atoms with Gasteiger partial charge in [0.25, 0.3) is 0 Å². The minimum absolute atomic E-state index is 0.204. The molecule has 0 saturated carbocycles. The van der Waals surface area contributed by atoms with Crippen molar-refractivity contribution in [3.05, 3.63) is 84.2 Å². The van der Waals surface area contributed by atoms with Gasteiger partial charge in [-0.2, -0.15) is 13.2 Å². The van der Waals surface area contributed by atoms with Crippen molar-refractivity contribution in [3.8, 4) is 11.6 Å². The number of halogens is 5. The summed E-state index contributed by atoms with van der Waals surface area (Å²) in [6.45, 7) is 0. The van der Waals surface area contributed by atoms with Gasteiger partial charge in [-0.15, -0.1) is 0 Å². The van der Waals surface area contributed by atoms with Crippen LogP contribution in [0.5, 0.6) is 11.6 Å². The molecule has 6 nitrogen and oxygen atoms in total. The largest absolute Gasteiger partial charge is 0.438 e. The molecule has 168 valence electrons. The minimum Gasteiger partial charge on any atom is -0.438 e. The van der Waals surface area contributed by atoms with E-state index in [9.17, 15) is 26.7 Å². The number of aromatic nitrogens is 2. The van der Waals surface area contributed by atoms with E-state index < -0.39 is 29.4 Å². The van der Waals surface area contributed by atoms with Gasteiger partial charge in [-0.1, -0.05) is 0 Å². The Hall–Kier alpha value is -4.28. The van der Waals surface area contributed by atoms with Crippen molar-refractivity contribution in [2.75, 3.05) is 10.6 Å². The second kappa shape index (κ2) is 8.69. The summed E-state index contributed by atoms with van der Waals surface area (Å²) in [6.07, 6.45) is -3.66. The molecule has 0 spiro atoms. The van der Waals surface area contributed by atoms with Crippen molar-refractivity contribution in [2.24, 2.45) is 0 Å². The van der Waals surface area contributed by atoms with Gasteiger partial charge in [0.2, 0.25) is 5.88 Å². The Morgan fingerprint density at radius 1 is 0.848 bits per heavy atom. The van der Waals surface area contributed by atoms with Crippen LogP contribution < -0.4 is 15.4 Å². The van der Waals surface area contributed by atoms with Crippen LogP contribution in [0.1, 0.15) is 5.56 Å². The number of anilines is 2. The lowest BCUT2D eigenvalue weighted by Gasteiger charge is -2.12. The maximum Gasteiger partial charge on any atom is 0.419 e. The molecule has 0 fully saturated rings. The summed E-state index contributed by atoms with van der Waals surface area (Å²) >= 11 is 0. The number of rotatable bonds is 4. The van der Waals surface area contributed by atoms with E-state index in [4.69, 9.17) is 4.74 Å². The molecule has 0 unspecified atom stereocenters. The van der Waals surface area contributed by atoms with E-state index in [1.54, 1.807) is 0 Å². The monoisotopic (exact) mass is 460 g/mol. The molecular weight excluding hydrogens is 447 g/mol. The third-order valence-corrected chi connectivity index (χ3v) is 4.42. The van der Waals surface area contributed by atoms with Crippen LogP contribution in [0, 0.1) is 11.6 Å². The molecule has 33 heavy (non-hydrogen) atoms. The Kier molecular flexibility index (Phi) is 5.78. The van der Waals surface area contributed by atoms with Crippen molar-refractivity contribution in [1.82, 2.24) is 9.97 Å². The zero-order valence-electron chi connectivity index (χ0n) is 16.5. The first-order valence-electron chi connectivity index (χ1n) is 9.32. The van der Waals surface area contributed by atoms with Gasteiger partial charge in [0.15, 0.2) is 0 Å². The molecule has 3 aromatic carbocycles. The SMILES string of the molecule is O=C(Nc1ccc(Oc2ncnc3cc(F)ccc23)cc1)Nc1ccc(F)c(C(F)(F)F)c1. The first-order valence-corrected chi connectivity index (χ1v) is 9.32. The van der Waals surface area contributed by atoms with Crippen LogP contribution in [-0.4, -0.2) is 16.0 Å². The fourth-order valence-electron chi connectivity index (χ4n) is 2.92. The van der Waals surface area contributed by atoms with Gasteiger partial charge in [-0.05, 0) is 54.6 Å². The maximum absolute atomic E-state index is 13.4. The molecule has 11 heteroatoms. The van der Waals surface area contributed by atoms with Gasteiger partial charge >= 0.3 is 12.2 Å². The highest BCUT2D eigenvalue weighted by Gasteiger charge is 2.34.